The Morgan fingerprint density at radius 1 is 0.474 bits per heavy atom. The fourth-order valence-corrected chi connectivity index (χ4v) is 8.72. The highest BCUT2D eigenvalue weighted by atomic mass is 15.0. The van der Waals surface area contributed by atoms with Crippen molar-refractivity contribution in [2.24, 2.45) is 0 Å². The van der Waals surface area contributed by atoms with Gasteiger partial charge in [0.15, 0.2) is 11.6 Å². The summed E-state index contributed by atoms with van der Waals surface area (Å²) in [7, 11) is 0. The van der Waals surface area contributed by atoms with Gasteiger partial charge in [0.05, 0.1) is 50.4 Å². The minimum Gasteiger partial charge on any atom is -0.308 e. The summed E-state index contributed by atoms with van der Waals surface area (Å²) in [4.78, 5) is 32.8. The van der Waals surface area contributed by atoms with Crippen LogP contribution >= 0.6 is 0 Å². The van der Waals surface area contributed by atoms with Gasteiger partial charge in [-0.05, 0) is 88.5 Å². The molecule has 6 aromatic heterocycles. The van der Waals surface area contributed by atoms with E-state index in [0.29, 0.717) is 40.5 Å². The molecule has 0 fully saturated rings. The summed E-state index contributed by atoms with van der Waals surface area (Å²) in [5.41, 5.74) is 9.80. The first-order chi connectivity index (χ1) is 27.7. The third-order valence-electron chi connectivity index (χ3n) is 10.9. The molecule has 0 radical (unpaired) electrons. The molecule has 10 nitrogen and oxygen atoms in total. The molecule has 0 amide bonds. The second-order valence-electron chi connectivity index (χ2n) is 14.8. The zero-order valence-corrected chi connectivity index (χ0v) is 31.8. The predicted molar refractivity (Wildman–Crippen MR) is 226 cm³/mol. The number of hydrogen-bond acceptors (Lipinski definition) is 8. The maximum absolute atomic E-state index is 10.8. The highest BCUT2D eigenvalue weighted by molar-refractivity contribution is 6.17. The monoisotopic (exact) mass is 736 g/mol. The van der Waals surface area contributed by atoms with Gasteiger partial charge in [0.25, 0.3) is 0 Å². The normalized spacial score (nSPS) is 11.9. The molecule has 0 aliphatic rings. The summed E-state index contributed by atoms with van der Waals surface area (Å²) < 4.78 is 4.60. The number of fused-ring (bicyclic) bond motifs is 13. The molecule has 0 spiro atoms. The third-order valence-corrected chi connectivity index (χ3v) is 10.9. The van der Waals surface area contributed by atoms with Crippen LogP contribution in [0.1, 0.15) is 34.6 Å². The molecule has 11 rings (SSSR count). The number of nitriles is 1. The molecule has 11 aromatic rings. The largest absolute Gasteiger partial charge is 0.308 e. The first kappa shape index (κ1) is 32.8. The maximum Gasteiger partial charge on any atom is 0.163 e. The van der Waals surface area contributed by atoms with E-state index >= 15 is 0 Å². The summed E-state index contributed by atoms with van der Waals surface area (Å²) in [5, 5.41) is 18.1. The average molecular weight is 737 g/mol. The third kappa shape index (κ3) is 4.99. The average Bonchev–Trinajstić information content (AvgIpc) is 3.71. The van der Waals surface area contributed by atoms with Crippen LogP contribution < -0.4 is 0 Å². The minimum absolute atomic E-state index is 0.533. The van der Waals surface area contributed by atoms with E-state index in [9.17, 15) is 5.26 Å². The number of benzene rings is 5. The minimum atomic E-state index is 0.533. The predicted octanol–water partition coefficient (Wildman–Crippen LogP) is 10.2. The van der Waals surface area contributed by atoms with Crippen LogP contribution in [0.15, 0.2) is 103 Å². The summed E-state index contributed by atoms with van der Waals surface area (Å²) in [6.07, 6.45) is 0. The van der Waals surface area contributed by atoms with Crippen molar-refractivity contribution in [1.29, 1.82) is 5.26 Å². The van der Waals surface area contributed by atoms with Gasteiger partial charge in [-0.3, -0.25) is 4.98 Å². The van der Waals surface area contributed by atoms with E-state index in [1.165, 1.54) is 0 Å². The van der Waals surface area contributed by atoms with E-state index in [1.807, 2.05) is 46.8 Å². The Bertz CT molecular complexity index is 3570. The van der Waals surface area contributed by atoms with Gasteiger partial charge in [-0.2, -0.15) is 5.26 Å². The Kier molecular flexibility index (Phi) is 6.86. The number of nitrogens with zero attached hydrogens (tertiary/aromatic N) is 10. The molecule has 0 N–H and O–H groups in total. The van der Waals surface area contributed by atoms with Gasteiger partial charge in [0.2, 0.25) is 0 Å². The first-order valence-electron chi connectivity index (χ1n) is 18.8. The van der Waals surface area contributed by atoms with Gasteiger partial charge in [0, 0.05) is 49.1 Å². The van der Waals surface area contributed by atoms with Crippen LogP contribution in [0.5, 0.6) is 0 Å². The van der Waals surface area contributed by atoms with Gasteiger partial charge >= 0.3 is 0 Å². The van der Waals surface area contributed by atoms with E-state index in [-0.39, 0.29) is 0 Å². The van der Waals surface area contributed by atoms with Gasteiger partial charge in [-0.1, -0.05) is 54.6 Å². The Morgan fingerprint density at radius 2 is 1.05 bits per heavy atom. The molecule has 4 bridgehead atoms. The molecular weight excluding hydrogens is 705 g/mol. The zero-order valence-electron chi connectivity index (χ0n) is 31.8. The number of aromatic nitrogens is 9. The molecule has 270 valence electrons. The summed E-state index contributed by atoms with van der Waals surface area (Å²) in [6.45, 7) is 9.59. The maximum atomic E-state index is 10.8. The highest BCUT2D eigenvalue weighted by Gasteiger charge is 2.21. The van der Waals surface area contributed by atoms with Crippen LogP contribution in [-0.2, 0) is 0 Å². The van der Waals surface area contributed by atoms with Crippen molar-refractivity contribution in [2.45, 2.75) is 34.6 Å². The molecule has 0 aliphatic carbocycles. The lowest BCUT2D eigenvalue weighted by Crippen LogP contribution is -2.00. The van der Waals surface area contributed by atoms with E-state index in [0.717, 1.165) is 93.3 Å². The number of hydrogen-bond donors (Lipinski definition) is 0. The molecule has 5 aromatic carbocycles. The molecule has 0 unspecified atom stereocenters. The summed E-state index contributed by atoms with van der Waals surface area (Å²) in [5.74, 6) is 3.90. The molecule has 6 heterocycles. The SMILES string of the molecule is Cc1cc2cc(n1)c1ccc3c4ccc(-c5nc(C)nc(C)n5)cc4n(c3c1)c1cc(C#N)cc(-n3c4ccccc4c4ccc(-c5nc(C)nc(C)n5)cc43)c21. The molecule has 0 saturated carbocycles. The van der Waals surface area contributed by atoms with Crippen LogP contribution in [-0.4, -0.2) is 43.9 Å². The van der Waals surface area contributed by atoms with Gasteiger partial charge in [0.1, 0.15) is 23.3 Å². The van der Waals surface area contributed by atoms with Crippen molar-refractivity contribution < 1.29 is 0 Å². The van der Waals surface area contributed by atoms with E-state index in [2.05, 4.69) is 116 Å². The molecule has 0 saturated heterocycles. The van der Waals surface area contributed by atoms with Crippen LogP contribution in [0.25, 0.3) is 99.3 Å². The fraction of sp³-hybridized carbons (Fsp3) is 0.106. The topological polar surface area (TPSA) is 123 Å². The Labute approximate surface area is 325 Å². The smallest absolute Gasteiger partial charge is 0.163 e. The van der Waals surface area contributed by atoms with Gasteiger partial charge in [-0.25, -0.2) is 29.9 Å². The molecule has 57 heavy (non-hydrogen) atoms. The van der Waals surface area contributed by atoms with Gasteiger partial charge < -0.3 is 8.97 Å². The van der Waals surface area contributed by atoms with Crippen LogP contribution in [0.2, 0.25) is 0 Å². The summed E-state index contributed by atoms with van der Waals surface area (Å²) >= 11 is 0. The zero-order chi connectivity index (χ0) is 38.7. The van der Waals surface area contributed by atoms with Crippen molar-refractivity contribution in [1.82, 2.24) is 43.9 Å². The first-order valence-corrected chi connectivity index (χ1v) is 18.8. The lowest BCUT2D eigenvalue weighted by atomic mass is 10.0. The quantitative estimate of drug-likeness (QED) is 0.176. The van der Waals surface area contributed by atoms with Crippen molar-refractivity contribution in [2.75, 3.05) is 0 Å². The van der Waals surface area contributed by atoms with Crippen molar-refractivity contribution in [3.8, 4) is 34.5 Å². The highest BCUT2D eigenvalue weighted by Crippen LogP contribution is 2.41. The second kappa shape index (κ2) is 11.9. The molecule has 0 atom stereocenters. The van der Waals surface area contributed by atoms with Crippen LogP contribution in [0, 0.1) is 45.9 Å². The number of pyridine rings is 1. The fourth-order valence-electron chi connectivity index (χ4n) is 8.72. The molecular formula is C47H32N10. The Balaban J connectivity index is 1.36. The van der Waals surface area contributed by atoms with Crippen LogP contribution in [0.3, 0.4) is 0 Å². The summed E-state index contributed by atoms with van der Waals surface area (Å²) in [6, 6.07) is 38.7. The van der Waals surface area contributed by atoms with Gasteiger partial charge in [-0.15, -0.1) is 0 Å². The van der Waals surface area contributed by atoms with Crippen molar-refractivity contribution >= 4 is 70.8 Å². The standard InChI is InChI=1S/C47H32N10/c1-24-16-33-19-38(49-24)30-10-13-36-37-15-12-32(47-54-27(4)51-28(5)55-47)22-42(37)57(40(36)20-30)44-18-29(23-48)17-43(45(33)44)56-39-9-7-6-8-34(39)35-14-11-31(21-41(35)56)46-52-25(2)50-26(3)53-46/h6-22H,1-5H3. The second-order valence-corrected chi connectivity index (χ2v) is 14.8. The number of rotatable bonds is 3. The lowest BCUT2D eigenvalue weighted by Gasteiger charge is -2.15. The van der Waals surface area contributed by atoms with E-state index in [1.54, 1.807) is 0 Å². The lowest BCUT2D eigenvalue weighted by molar-refractivity contribution is 0.928. The Hall–Kier alpha value is -7.64. The van der Waals surface area contributed by atoms with Crippen molar-refractivity contribution in [3.05, 3.63) is 138 Å². The Morgan fingerprint density at radius 3 is 1.72 bits per heavy atom. The molecule has 10 heteroatoms. The van der Waals surface area contributed by atoms with E-state index in [4.69, 9.17) is 24.9 Å². The number of para-hydroxylation sites is 1. The number of aryl methyl sites for hydroxylation is 5. The molecule has 0 aliphatic heterocycles. The van der Waals surface area contributed by atoms with Crippen molar-refractivity contribution in [3.63, 3.8) is 0 Å². The van der Waals surface area contributed by atoms with E-state index < -0.39 is 0 Å². The van der Waals surface area contributed by atoms with Crippen LogP contribution in [0.4, 0.5) is 0 Å².